The molecule has 0 aromatic carbocycles. The van der Waals surface area contributed by atoms with Gasteiger partial charge in [0.2, 0.25) is 0 Å². The lowest BCUT2D eigenvalue weighted by atomic mass is 10.0. The van der Waals surface area contributed by atoms with Crippen LogP contribution in [0.25, 0.3) is 21.2 Å². The van der Waals surface area contributed by atoms with Crippen molar-refractivity contribution >= 4 is 21.4 Å². The lowest BCUT2D eigenvalue weighted by Gasteiger charge is -2.09. The van der Waals surface area contributed by atoms with E-state index in [4.69, 9.17) is 14.2 Å². The predicted molar refractivity (Wildman–Crippen MR) is 101 cm³/mol. The molecule has 0 N–H and O–H groups in total. The Labute approximate surface area is 147 Å². The van der Waals surface area contributed by atoms with Crippen molar-refractivity contribution in [2.75, 3.05) is 33.5 Å². The van der Waals surface area contributed by atoms with Crippen molar-refractivity contribution in [3.63, 3.8) is 0 Å². The van der Waals surface area contributed by atoms with Crippen molar-refractivity contribution in [2.24, 2.45) is 0 Å². The third-order valence-electron chi connectivity index (χ3n) is 4.12. The molecule has 3 rings (SSSR count). The van der Waals surface area contributed by atoms with Crippen LogP contribution in [-0.2, 0) is 9.47 Å². The van der Waals surface area contributed by atoms with Crippen molar-refractivity contribution in [1.29, 1.82) is 0 Å². The molecule has 0 fully saturated rings. The summed E-state index contributed by atoms with van der Waals surface area (Å²) in [6, 6.07) is 11.0. The molecule has 0 unspecified atom stereocenters. The Balaban J connectivity index is 1.85. The number of fused-ring (bicyclic) bond motifs is 3. The molecule has 2 aliphatic carbocycles. The first-order valence-corrected chi connectivity index (χ1v) is 9.22. The van der Waals surface area contributed by atoms with E-state index in [0.717, 1.165) is 5.75 Å². The van der Waals surface area contributed by atoms with Gasteiger partial charge in [-0.25, -0.2) is 0 Å². The van der Waals surface area contributed by atoms with Crippen LogP contribution < -0.4 is 4.74 Å². The summed E-state index contributed by atoms with van der Waals surface area (Å²) in [4.78, 5) is 0. The highest BCUT2D eigenvalue weighted by Crippen LogP contribution is 2.43. The summed E-state index contributed by atoms with van der Waals surface area (Å²) in [5.74, 6) is 1.42. The van der Waals surface area contributed by atoms with Gasteiger partial charge in [-0.3, -0.25) is 0 Å². The quantitative estimate of drug-likeness (QED) is 0.528. The van der Waals surface area contributed by atoms with Gasteiger partial charge < -0.3 is 14.2 Å². The van der Waals surface area contributed by atoms with Gasteiger partial charge >= 0.3 is 0 Å². The zero-order valence-corrected chi connectivity index (χ0v) is 15.3. The number of ether oxygens (including phenoxy) is 3. The summed E-state index contributed by atoms with van der Waals surface area (Å²) in [5, 5.41) is 3.41. The van der Waals surface area contributed by atoms with Gasteiger partial charge in [-0.2, -0.15) is 0 Å². The lowest BCUT2D eigenvalue weighted by molar-refractivity contribution is 0.0545. The molecule has 0 amide bonds. The molecule has 1 heterocycles. The summed E-state index contributed by atoms with van der Waals surface area (Å²) < 4.78 is 17.9. The van der Waals surface area contributed by atoms with Crippen LogP contribution in [0.1, 0.15) is 25.3 Å². The van der Waals surface area contributed by atoms with E-state index >= 15 is 0 Å². The van der Waals surface area contributed by atoms with Crippen LogP contribution in [0.3, 0.4) is 0 Å². The molecule has 1 aromatic rings. The number of thiophene rings is 1. The van der Waals surface area contributed by atoms with Crippen LogP contribution in [-0.4, -0.2) is 33.5 Å². The summed E-state index contributed by atoms with van der Waals surface area (Å²) in [7, 11) is 1.67. The van der Waals surface area contributed by atoms with Crippen molar-refractivity contribution in [2.45, 2.75) is 19.8 Å². The average molecular weight is 344 g/mol. The maximum absolute atomic E-state index is 6.07. The van der Waals surface area contributed by atoms with Gasteiger partial charge in [-0.15, -0.1) is 11.3 Å². The summed E-state index contributed by atoms with van der Waals surface area (Å²) in [6.07, 6.45) is 0. The highest BCUT2D eigenvalue weighted by Gasteiger charge is 2.16. The fourth-order valence-electron chi connectivity index (χ4n) is 2.81. The molecular formula is C20H24O3S. The smallest absolute Gasteiger partial charge is 0.127 e. The number of methoxy groups -OCH3 is 1. The average Bonchev–Trinajstić information content (AvgIpc) is 3.08. The second-order valence-corrected chi connectivity index (χ2v) is 7.07. The van der Waals surface area contributed by atoms with Gasteiger partial charge in [0.15, 0.2) is 0 Å². The third kappa shape index (κ3) is 3.72. The van der Waals surface area contributed by atoms with Gasteiger partial charge in [0.1, 0.15) is 12.4 Å². The van der Waals surface area contributed by atoms with Gasteiger partial charge in [-0.05, 0) is 40.6 Å². The van der Waals surface area contributed by atoms with Crippen LogP contribution in [0.4, 0.5) is 0 Å². The number of hydrogen-bond acceptors (Lipinski definition) is 4. The van der Waals surface area contributed by atoms with Crippen LogP contribution in [0, 0.1) is 0 Å². The van der Waals surface area contributed by atoms with E-state index in [-0.39, 0.29) is 0 Å². The van der Waals surface area contributed by atoms with E-state index in [1.165, 1.54) is 26.8 Å². The van der Waals surface area contributed by atoms with E-state index in [2.05, 4.69) is 49.6 Å². The molecule has 24 heavy (non-hydrogen) atoms. The second kappa shape index (κ2) is 7.97. The van der Waals surface area contributed by atoms with Gasteiger partial charge in [0.25, 0.3) is 0 Å². The molecule has 0 saturated heterocycles. The van der Waals surface area contributed by atoms with Crippen molar-refractivity contribution in [3.8, 4) is 16.9 Å². The second-order valence-electron chi connectivity index (χ2n) is 6.12. The molecule has 3 nitrogen and oxygen atoms in total. The first-order chi connectivity index (χ1) is 11.7. The Morgan fingerprint density at radius 2 is 1.83 bits per heavy atom. The minimum atomic E-state index is 0.485. The van der Waals surface area contributed by atoms with Crippen LogP contribution in [0.5, 0.6) is 5.75 Å². The van der Waals surface area contributed by atoms with E-state index in [1.54, 1.807) is 18.4 Å². The maximum Gasteiger partial charge on any atom is 0.127 e. The SMILES string of the molecule is COCCOCCOc1ccc(C(C)C)cc2cc3sccc3c1-2. The Kier molecular flexibility index (Phi) is 5.72. The van der Waals surface area contributed by atoms with E-state index in [1.807, 2.05) is 0 Å². The Bertz CT molecular complexity index is 763. The fraction of sp³-hybridized carbons (Fsp3) is 0.400. The highest BCUT2D eigenvalue weighted by molar-refractivity contribution is 7.17. The minimum Gasteiger partial charge on any atom is -0.491 e. The molecule has 2 aliphatic rings. The van der Waals surface area contributed by atoms with E-state index < -0.39 is 0 Å². The standard InChI is InChI=1S/C20H24O3S/c1-14(2)15-4-5-18(23-10-9-22-8-7-21-3)20-16(12-15)13-19-17(20)6-11-24-19/h4-6,11-14H,7-10H2,1-3H3. The van der Waals surface area contributed by atoms with Crippen LogP contribution in [0.2, 0.25) is 0 Å². The van der Waals surface area contributed by atoms with Crippen LogP contribution >= 0.6 is 11.3 Å². The normalized spacial score (nSPS) is 11.7. The first-order valence-electron chi connectivity index (χ1n) is 8.34. The first kappa shape index (κ1) is 17.2. The monoisotopic (exact) mass is 344 g/mol. The van der Waals surface area contributed by atoms with Gasteiger partial charge in [0.05, 0.1) is 19.8 Å². The topological polar surface area (TPSA) is 27.7 Å². The molecule has 128 valence electrons. The molecule has 0 bridgehead atoms. The zero-order chi connectivity index (χ0) is 16.9. The largest absolute Gasteiger partial charge is 0.491 e. The number of hydrogen-bond donors (Lipinski definition) is 0. The Morgan fingerprint density at radius 3 is 2.62 bits per heavy atom. The van der Waals surface area contributed by atoms with Crippen LogP contribution in [0.15, 0.2) is 35.7 Å². The molecule has 0 saturated carbocycles. The third-order valence-corrected chi connectivity index (χ3v) is 4.98. The Hall–Kier alpha value is -1.62. The predicted octanol–water partition coefficient (Wildman–Crippen LogP) is 5.17. The summed E-state index contributed by atoms with van der Waals surface area (Å²) >= 11 is 1.78. The molecule has 1 aromatic heterocycles. The molecule has 4 heteroatoms. The van der Waals surface area contributed by atoms with Crippen molar-refractivity contribution in [3.05, 3.63) is 41.3 Å². The molecule has 0 atom stereocenters. The fourth-order valence-corrected chi connectivity index (χ4v) is 3.66. The lowest BCUT2D eigenvalue weighted by Crippen LogP contribution is -2.10. The minimum absolute atomic E-state index is 0.485. The Morgan fingerprint density at radius 1 is 1.00 bits per heavy atom. The van der Waals surface area contributed by atoms with Crippen molar-refractivity contribution < 1.29 is 14.2 Å². The zero-order valence-electron chi connectivity index (χ0n) is 14.5. The molecule has 0 radical (unpaired) electrons. The molecule has 0 spiro atoms. The van der Waals surface area contributed by atoms with Gasteiger partial charge in [0, 0.05) is 22.8 Å². The number of rotatable bonds is 8. The summed E-state index contributed by atoms with van der Waals surface area (Å²) in [6.45, 7) is 6.75. The highest BCUT2D eigenvalue weighted by atomic mass is 32.1. The summed E-state index contributed by atoms with van der Waals surface area (Å²) in [5.41, 5.74) is 3.78. The van der Waals surface area contributed by atoms with E-state index in [9.17, 15) is 0 Å². The van der Waals surface area contributed by atoms with E-state index in [0.29, 0.717) is 32.3 Å². The molecular weight excluding hydrogens is 320 g/mol. The van der Waals surface area contributed by atoms with Crippen molar-refractivity contribution in [1.82, 2.24) is 0 Å². The maximum atomic E-state index is 6.07. The molecule has 0 aliphatic heterocycles. The van der Waals surface area contributed by atoms with Gasteiger partial charge in [-0.1, -0.05) is 26.0 Å².